The number of carbonyl (C=O) groups is 2. The highest BCUT2D eigenvalue weighted by molar-refractivity contribution is 5.89. The number of imidazole rings is 1. The summed E-state index contributed by atoms with van der Waals surface area (Å²) in [4.78, 5) is 31.9. The molecule has 156 valence electrons. The number of nitrogens with zero attached hydrogens (tertiary/aromatic N) is 1. The third-order valence-corrected chi connectivity index (χ3v) is 5.03. The maximum absolute atomic E-state index is 12.3. The molecule has 2 atom stereocenters. The summed E-state index contributed by atoms with van der Waals surface area (Å²) in [6, 6.07) is 4.62. The van der Waals surface area contributed by atoms with Gasteiger partial charge in [0.1, 0.15) is 11.9 Å². The highest BCUT2D eigenvalue weighted by Gasteiger charge is 2.24. The van der Waals surface area contributed by atoms with Crippen LogP contribution in [0.4, 0.5) is 16.2 Å². The maximum atomic E-state index is 12.3. The number of aryl methyl sites for hydroxylation is 1. The van der Waals surface area contributed by atoms with Gasteiger partial charge in [-0.1, -0.05) is 12.8 Å². The summed E-state index contributed by atoms with van der Waals surface area (Å²) in [7, 11) is 2.67. The largest absolute Gasteiger partial charge is 0.467 e. The van der Waals surface area contributed by atoms with Crippen molar-refractivity contribution in [3.63, 3.8) is 0 Å². The third-order valence-electron chi connectivity index (χ3n) is 5.03. The fourth-order valence-corrected chi connectivity index (χ4v) is 3.47. The van der Waals surface area contributed by atoms with Crippen molar-refractivity contribution in [2.24, 2.45) is 5.73 Å². The van der Waals surface area contributed by atoms with E-state index in [1.807, 2.05) is 13.0 Å². The molecule has 1 aromatic heterocycles. The van der Waals surface area contributed by atoms with Crippen LogP contribution in [0.25, 0.3) is 11.3 Å². The smallest absolute Gasteiger partial charge is 0.411 e. The fraction of sp³-hybridized carbons (Fsp3) is 0.450. The van der Waals surface area contributed by atoms with Gasteiger partial charge in [-0.15, -0.1) is 0 Å². The van der Waals surface area contributed by atoms with Crippen LogP contribution in [0.1, 0.15) is 43.2 Å². The minimum Gasteiger partial charge on any atom is -0.467 e. The molecule has 2 bridgehead atoms. The molecule has 1 unspecified atom stereocenters. The van der Waals surface area contributed by atoms with Crippen molar-refractivity contribution in [3.05, 3.63) is 29.7 Å². The quantitative estimate of drug-likeness (QED) is 0.569. The number of aromatic nitrogens is 2. The minimum absolute atomic E-state index is 0.199. The van der Waals surface area contributed by atoms with Crippen molar-refractivity contribution < 1.29 is 19.1 Å². The summed E-state index contributed by atoms with van der Waals surface area (Å²) in [5.74, 6) is 0.397. The number of nitrogens with two attached hydrogens (primary N) is 1. The van der Waals surface area contributed by atoms with E-state index in [-0.39, 0.29) is 12.0 Å². The zero-order valence-corrected chi connectivity index (χ0v) is 16.9. The molecule has 0 aliphatic carbocycles. The number of methoxy groups -OCH3 is 2. The number of H-pyrrole nitrogens is 1. The Labute approximate surface area is 169 Å². The highest BCUT2D eigenvalue weighted by Crippen LogP contribution is 2.34. The summed E-state index contributed by atoms with van der Waals surface area (Å²) in [6.07, 6.45) is 2.47. The summed E-state index contributed by atoms with van der Waals surface area (Å²) < 4.78 is 9.64. The van der Waals surface area contributed by atoms with Gasteiger partial charge in [0.15, 0.2) is 0 Å². The van der Waals surface area contributed by atoms with Crippen LogP contribution in [0.5, 0.6) is 0 Å². The maximum Gasteiger partial charge on any atom is 0.411 e. The number of anilines is 2. The van der Waals surface area contributed by atoms with Crippen LogP contribution in [0.3, 0.4) is 0 Å². The average molecular weight is 401 g/mol. The molecule has 29 heavy (non-hydrogen) atoms. The number of benzene rings is 1. The molecule has 0 spiro atoms. The predicted octanol–water partition coefficient (Wildman–Crippen LogP) is 3.09. The number of nitrogens with one attached hydrogen (secondary N) is 3. The van der Waals surface area contributed by atoms with E-state index < -0.39 is 12.1 Å². The van der Waals surface area contributed by atoms with Gasteiger partial charge in [0.05, 0.1) is 26.0 Å². The van der Waals surface area contributed by atoms with E-state index >= 15 is 0 Å². The van der Waals surface area contributed by atoms with E-state index in [2.05, 4.69) is 20.4 Å². The molecule has 3 rings (SSSR count). The van der Waals surface area contributed by atoms with Crippen molar-refractivity contribution in [1.82, 2.24) is 9.97 Å². The molecule has 1 amide bonds. The van der Waals surface area contributed by atoms with Gasteiger partial charge in [-0.3, -0.25) is 5.32 Å². The Kier molecular flexibility index (Phi) is 6.38. The predicted molar refractivity (Wildman–Crippen MR) is 110 cm³/mol. The molecule has 2 heterocycles. The molecule has 1 aliphatic rings. The number of hydrogen-bond donors (Lipinski definition) is 4. The van der Waals surface area contributed by atoms with E-state index in [4.69, 9.17) is 15.5 Å². The average Bonchev–Trinajstić information content (AvgIpc) is 3.10. The van der Waals surface area contributed by atoms with Crippen molar-refractivity contribution in [2.45, 2.75) is 44.7 Å². The van der Waals surface area contributed by atoms with E-state index in [1.165, 1.54) is 14.2 Å². The van der Waals surface area contributed by atoms with Crippen molar-refractivity contribution in [1.29, 1.82) is 0 Å². The number of rotatable bonds is 2. The van der Waals surface area contributed by atoms with Gasteiger partial charge in [-0.25, -0.2) is 14.6 Å². The lowest BCUT2D eigenvalue weighted by atomic mass is 10.0. The summed E-state index contributed by atoms with van der Waals surface area (Å²) in [5.41, 5.74) is 9.91. The molecule has 9 nitrogen and oxygen atoms in total. The minimum atomic E-state index is -0.577. The molecular formula is C20H27N5O4. The first kappa shape index (κ1) is 20.7. The van der Waals surface area contributed by atoms with E-state index in [9.17, 15) is 9.59 Å². The topological polar surface area (TPSA) is 131 Å². The summed E-state index contributed by atoms with van der Waals surface area (Å²) in [6.45, 7) is 1.93. The van der Waals surface area contributed by atoms with Crippen LogP contribution in [-0.2, 0) is 14.3 Å². The Bertz CT molecular complexity index is 895. The monoisotopic (exact) mass is 401 g/mol. The number of ether oxygens (including phenoxy) is 2. The van der Waals surface area contributed by atoms with Gasteiger partial charge in [0, 0.05) is 22.6 Å². The number of esters is 1. The first-order valence-electron chi connectivity index (χ1n) is 9.58. The van der Waals surface area contributed by atoms with Crippen LogP contribution in [0, 0.1) is 6.92 Å². The van der Waals surface area contributed by atoms with Crippen molar-refractivity contribution in [2.75, 3.05) is 24.9 Å². The number of carbonyl (C=O) groups excluding carboxylic acids is 2. The second kappa shape index (κ2) is 8.95. The fourth-order valence-electron chi connectivity index (χ4n) is 3.47. The molecule has 0 saturated heterocycles. The molecular weight excluding hydrogens is 374 g/mol. The molecule has 1 aromatic carbocycles. The Morgan fingerprint density at radius 3 is 2.69 bits per heavy atom. The SMILES string of the molecule is COC(=O)Nc1ccc2c(c1)NC(C(=O)OC)CCCC[C@H](N)c1nc-2c(C)[nH]1. The van der Waals surface area contributed by atoms with Crippen molar-refractivity contribution in [3.8, 4) is 11.3 Å². The number of aromatic amines is 1. The van der Waals surface area contributed by atoms with Crippen LogP contribution < -0.4 is 16.4 Å². The molecule has 0 saturated carbocycles. The van der Waals surface area contributed by atoms with E-state index in [0.29, 0.717) is 17.8 Å². The van der Waals surface area contributed by atoms with Gasteiger partial charge in [0.25, 0.3) is 0 Å². The van der Waals surface area contributed by atoms with Gasteiger partial charge < -0.3 is 25.5 Å². The molecule has 0 fully saturated rings. The zero-order chi connectivity index (χ0) is 21.0. The normalized spacial score (nSPS) is 19.0. The number of hydrogen-bond acceptors (Lipinski definition) is 7. The molecule has 1 aliphatic heterocycles. The lowest BCUT2D eigenvalue weighted by Gasteiger charge is -2.21. The molecule has 5 N–H and O–H groups in total. The van der Waals surface area contributed by atoms with E-state index in [0.717, 1.165) is 42.0 Å². The zero-order valence-electron chi connectivity index (χ0n) is 16.9. The number of fused-ring (bicyclic) bond motifs is 4. The highest BCUT2D eigenvalue weighted by atomic mass is 16.5. The Hall–Kier alpha value is -3.07. The van der Waals surface area contributed by atoms with Crippen LogP contribution >= 0.6 is 0 Å². The summed E-state index contributed by atoms with van der Waals surface area (Å²) >= 11 is 0. The second-order valence-electron chi connectivity index (χ2n) is 7.08. The van der Waals surface area contributed by atoms with Crippen LogP contribution in [-0.4, -0.2) is 42.3 Å². The Morgan fingerprint density at radius 2 is 1.97 bits per heavy atom. The van der Waals surface area contributed by atoms with Gasteiger partial charge in [0.2, 0.25) is 0 Å². The van der Waals surface area contributed by atoms with E-state index in [1.54, 1.807) is 12.1 Å². The first-order chi connectivity index (χ1) is 13.9. The molecule has 9 heteroatoms. The Balaban J connectivity index is 2.09. The van der Waals surface area contributed by atoms with Crippen LogP contribution in [0.15, 0.2) is 18.2 Å². The lowest BCUT2D eigenvalue weighted by Crippen LogP contribution is -2.31. The first-order valence-corrected chi connectivity index (χ1v) is 9.58. The van der Waals surface area contributed by atoms with Crippen molar-refractivity contribution >= 4 is 23.4 Å². The third kappa shape index (κ3) is 4.68. The Morgan fingerprint density at radius 1 is 1.21 bits per heavy atom. The summed E-state index contributed by atoms with van der Waals surface area (Å²) in [5, 5.41) is 5.93. The molecule has 0 radical (unpaired) electrons. The number of amides is 1. The van der Waals surface area contributed by atoms with Crippen LogP contribution in [0.2, 0.25) is 0 Å². The second-order valence-corrected chi connectivity index (χ2v) is 7.08. The van der Waals surface area contributed by atoms with Gasteiger partial charge in [-0.2, -0.15) is 0 Å². The molecule has 2 aromatic rings. The van der Waals surface area contributed by atoms with Gasteiger partial charge in [-0.05, 0) is 38.0 Å². The van der Waals surface area contributed by atoms with Gasteiger partial charge >= 0.3 is 12.1 Å². The lowest BCUT2D eigenvalue weighted by molar-refractivity contribution is -0.141. The standard InChI is InChI=1S/C20H27N5O4/c1-11-17-13-9-8-12(23-20(27)29-3)10-16(13)24-15(19(26)28-2)7-5-4-6-14(21)18(22-11)25-17/h8-10,14-15,24H,4-7,21H2,1-3H3,(H,22,25)(H,23,27)/t14-,15?/m0/s1.